The third kappa shape index (κ3) is 2.95. The summed E-state index contributed by atoms with van der Waals surface area (Å²) in [5, 5.41) is 7.22. The summed E-state index contributed by atoms with van der Waals surface area (Å²) in [5.74, 6) is 0.455. The molecule has 2 heterocycles. The van der Waals surface area contributed by atoms with Gasteiger partial charge in [-0.3, -0.25) is 5.01 Å². The van der Waals surface area contributed by atoms with Gasteiger partial charge in [0.15, 0.2) is 0 Å². The molecule has 30 heavy (non-hydrogen) atoms. The first-order chi connectivity index (χ1) is 14.6. The summed E-state index contributed by atoms with van der Waals surface area (Å²) < 4.78 is 11.0. The molecule has 1 aliphatic carbocycles. The molecule has 5 rings (SSSR count). The van der Waals surface area contributed by atoms with E-state index >= 15 is 0 Å². The molecule has 2 atom stereocenters. The van der Waals surface area contributed by atoms with Crippen LogP contribution in [0.3, 0.4) is 0 Å². The standard InChI is InChI=1S/C24H25N3O3/c1-14-11-17(8-10-20(14)25)27-23(15-5-3-4-6-15)19-13-30-21-12-16(24(28)29-2)7-9-18(21)22(19)26-27/h5,7-12,19,23H,3-4,6,13,25H2,1-2H3. The minimum absolute atomic E-state index is 0.138. The number of rotatable bonds is 3. The number of carbonyl (C=O) groups is 1. The van der Waals surface area contributed by atoms with Gasteiger partial charge in [0.2, 0.25) is 0 Å². The van der Waals surface area contributed by atoms with Crippen molar-refractivity contribution in [2.45, 2.75) is 32.2 Å². The van der Waals surface area contributed by atoms with E-state index in [0.29, 0.717) is 17.9 Å². The Hall–Kier alpha value is -3.28. The van der Waals surface area contributed by atoms with Crippen LogP contribution in [0.5, 0.6) is 5.75 Å². The number of nitrogens with two attached hydrogens (primary N) is 1. The maximum atomic E-state index is 11.9. The molecule has 0 amide bonds. The lowest BCUT2D eigenvalue weighted by atomic mass is 9.85. The van der Waals surface area contributed by atoms with Crippen LogP contribution in [0.2, 0.25) is 0 Å². The smallest absolute Gasteiger partial charge is 0.337 e. The van der Waals surface area contributed by atoms with Crippen LogP contribution in [0.4, 0.5) is 11.4 Å². The first-order valence-corrected chi connectivity index (χ1v) is 10.3. The molecule has 2 aromatic rings. The molecule has 2 unspecified atom stereocenters. The molecule has 6 heteroatoms. The summed E-state index contributed by atoms with van der Waals surface area (Å²) in [6, 6.07) is 11.7. The fraction of sp³-hybridized carbons (Fsp3) is 0.333. The van der Waals surface area contributed by atoms with Gasteiger partial charge in [-0.05, 0) is 73.7 Å². The van der Waals surface area contributed by atoms with E-state index in [9.17, 15) is 4.79 Å². The summed E-state index contributed by atoms with van der Waals surface area (Å²) in [4.78, 5) is 11.9. The Balaban J connectivity index is 1.59. The van der Waals surface area contributed by atoms with Crippen LogP contribution in [0.1, 0.15) is 40.7 Å². The van der Waals surface area contributed by atoms with Crippen LogP contribution in [0.15, 0.2) is 53.1 Å². The van der Waals surface area contributed by atoms with Crippen molar-refractivity contribution in [3.05, 3.63) is 64.7 Å². The molecule has 0 bridgehead atoms. The molecule has 0 radical (unpaired) electrons. The predicted molar refractivity (Wildman–Crippen MR) is 117 cm³/mol. The molecule has 0 saturated carbocycles. The Labute approximate surface area is 176 Å². The number of esters is 1. The van der Waals surface area contributed by atoms with E-state index < -0.39 is 0 Å². The molecule has 0 aromatic heterocycles. The van der Waals surface area contributed by atoms with Crippen molar-refractivity contribution in [1.29, 1.82) is 0 Å². The van der Waals surface area contributed by atoms with Crippen molar-refractivity contribution in [3.63, 3.8) is 0 Å². The van der Waals surface area contributed by atoms with Crippen molar-refractivity contribution >= 4 is 23.1 Å². The third-order valence-corrected chi connectivity index (χ3v) is 6.28. The normalized spacial score (nSPS) is 22.0. The summed E-state index contributed by atoms with van der Waals surface area (Å²) in [6.45, 7) is 2.55. The van der Waals surface area contributed by atoms with Gasteiger partial charge >= 0.3 is 5.97 Å². The summed E-state index contributed by atoms with van der Waals surface area (Å²) in [7, 11) is 1.38. The van der Waals surface area contributed by atoms with Gasteiger partial charge in [-0.25, -0.2) is 4.79 Å². The zero-order chi connectivity index (χ0) is 20.8. The Morgan fingerprint density at radius 2 is 2.13 bits per heavy atom. The number of aryl methyl sites for hydroxylation is 1. The Morgan fingerprint density at radius 1 is 1.27 bits per heavy atom. The van der Waals surface area contributed by atoms with Gasteiger partial charge in [-0.15, -0.1) is 0 Å². The maximum absolute atomic E-state index is 11.9. The van der Waals surface area contributed by atoms with Crippen molar-refractivity contribution in [2.24, 2.45) is 11.0 Å². The topological polar surface area (TPSA) is 77.2 Å². The second-order valence-corrected chi connectivity index (χ2v) is 8.11. The SMILES string of the molecule is COC(=O)c1ccc2c(c1)OCC1C2=NN(c2ccc(N)c(C)c2)C1C1=CCCC1. The largest absolute Gasteiger partial charge is 0.492 e. The highest BCUT2D eigenvalue weighted by Crippen LogP contribution is 2.42. The quantitative estimate of drug-likeness (QED) is 0.475. The van der Waals surface area contributed by atoms with E-state index in [4.69, 9.17) is 20.3 Å². The van der Waals surface area contributed by atoms with Crippen molar-refractivity contribution in [3.8, 4) is 5.75 Å². The number of ether oxygens (including phenoxy) is 2. The molecule has 6 nitrogen and oxygen atoms in total. The Morgan fingerprint density at radius 3 is 2.87 bits per heavy atom. The molecule has 154 valence electrons. The van der Waals surface area contributed by atoms with Gasteiger partial charge in [0.1, 0.15) is 5.75 Å². The first kappa shape index (κ1) is 18.7. The van der Waals surface area contributed by atoms with Crippen molar-refractivity contribution in [2.75, 3.05) is 24.5 Å². The minimum atomic E-state index is -0.371. The molecule has 0 fully saturated rings. The monoisotopic (exact) mass is 403 g/mol. The lowest BCUT2D eigenvalue weighted by Gasteiger charge is -2.31. The van der Waals surface area contributed by atoms with Crippen LogP contribution in [0, 0.1) is 12.8 Å². The fourth-order valence-electron chi connectivity index (χ4n) is 4.67. The van der Waals surface area contributed by atoms with Gasteiger partial charge in [0.05, 0.1) is 42.6 Å². The number of methoxy groups -OCH3 is 1. The second kappa shape index (κ2) is 7.20. The lowest BCUT2D eigenvalue weighted by molar-refractivity contribution is 0.0600. The molecule has 2 aliphatic heterocycles. The number of hydrogen-bond acceptors (Lipinski definition) is 6. The third-order valence-electron chi connectivity index (χ3n) is 6.28. The molecular formula is C24H25N3O3. The lowest BCUT2D eigenvalue weighted by Crippen LogP contribution is -2.40. The highest BCUT2D eigenvalue weighted by molar-refractivity contribution is 6.09. The molecule has 0 spiro atoms. The Kier molecular flexibility index (Phi) is 4.50. The molecule has 0 saturated heterocycles. The summed E-state index contributed by atoms with van der Waals surface area (Å²) in [5.41, 5.74) is 12.8. The number of allylic oxidation sites excluding steroid dienone is 1. The summed E-state index contributed by atoms with van der Waals surface area (Å²) >= 11 is 0. The predicted octanol–water partition coefficient (Wildman–Crippen LogP) is 4.08. The fourth-order valence-corrected chi connectivity index (χ4v) is 4.67. The van der Waals surface area contributed by atoms with E-state index in [2.05, 4.69) is 17.2 Å². The van der Waals surface area contributed by atoms with Crippen LogP contribution >= 0.6 is 0 Å². The van der Waals surface area contributed by atoms with E-state index in [1.54, 1.807) is 12.1 Å². The van der Waals surface area contributed by atoms with E-state index in [1.165, 1.54) is 19.1 Å². The van der Waals surface area contributed by atoms with Crippen molar-refractivity contribution < 1.29 is 14.3 Å². The molecule has 2 N–H and O–H groups in total. The number of hydrogen-bond donors (Lipinski definition) is 1. The van der Waals surface area contributed by atoms with Crippen LogP contribution < -0.4 is 15.5 Å². The van der Waals surface area contributed by atoms with Crippen molar-refractivity contribution in [1.82, 2.24) is 0 Å². The highest BCUT2D eigenvalue weighted by Gasteiger charge is 2.44. The molecule has 2 aromatic carbocycles. The van der Waals surface area contributed by atoms with Gasteiger partial charge in [-0.1, -0.05) is 6.08 Å². The number of benzene rings is 2. The van der Waals surface area contributed by atoms with Crippen LogP contribution in [-0.4, -0.2) is 31.4 Å². The number of nitrogen functional groups attached to an aromatic ring is 1. The molecule has 3 aliphatic rings. The number of anilines is 2. The van der Waals surface area contributed by atoms with Gasteiger partial charge in [0, 0.05) is 11.3 Å². The van der Waals surface area contributed by atoms with Gasteiger partial charge in [0.25, 0.3) is 0 Å². The highest BCUT2D eigenvalue weighted by atomic mass is 16.5. The number of carbonyl (C=O) groups excluding carboxylic acids is 1. The second-order valence-electron chi connectivity index (χ2n) is 8.11. The van der Waals surface area contributed by atoms with Gasteiger partial charge < -0.3 is 15.2 Å². The maximum Gasteiger partial charge on any atom is 0.337 e. The van der Waals surface area contributed by atoms with Crippen LogP contribution in [-0.2, 0) is 4.74 Å². The summed E-state index contributed by atoms with van der Waals surface area (Å²) in [6.07, 6.45) is 5.74. The van der Waals surface area contributed by atoms with Crippen LogP contribution in [0.25, 0.3) is 0 Å². The molecular weight excluding hydrogens is 378 g/mol. The van der Waals surface area contributed by atoms with E-state index in [1.807, 2.05) is 25.1 Å². The average Bonchev–Trinajstić information content (AvgIpc) is 3.42. The average molecular weight is 403 g/mol. The number of nitrogens with zero attached hydrogens (tertiary/aromatic N) is 2. The van der Waals surface area contributed by atoms with Gasteiger partial charge in [-0.2, -0.15) is 5.10 Å². The minimum Gasteiger partial charge on any atom is -0.492 e. The Bertz CT molecular complexity index is 1090. The number of fused-ring (bicyclic) bond motifs is 3. The zero-order valence-electron chi connectivity index (χ0n) is 17.2. The zero-order valence-corrected chi connectivity index (χ0v) is 17.2. The van der Waals surface area contributed by atoms with E-state index in [-0.39, 0.29) is 17.9 Å². The van der Waals surface area contributed by atoms with E-state index in [0.717, 1.165) is 41.1 Å². The first-order valence-electron chi connectivity index (χ1n) is 10.3. The number of hydrazone groups is 1.